The van der Waals surface area contributed by atoms with Crippen LogP contribution in [0.2, 0.25) is 0 Å². The van der Waals surface area contributed by atoms with Gasteiger partial charge in [-0.15, -0.1) is 0 Å². The van der Waals surface area contributed by atoms with Crippen LogP contribution in [0.3, 0.4) is 0 Å². The van der Waals surface area contributed by atoms with Crippen molar-refractivity contribution in [3.05, 3.63) is 70.1 Å². The normalized spacial score (nSPS) is 25.9. The van der Waals surface area contributed by atoms with E-state index in [1.54, 1.807) is 19.9 Å². The molecule has 1 aliphatic carbocycles. The second-order valence-corrected chi connectivity index (χ2v) is 22.9. The fraction of sp³-hybridized carbons (Fsp3) is 0.604. The van der Waals surface area contributed by atoms with Gasteiger partial charge < -0.3 is 47.3 Å². The van der Waals surface area contributed by atoms with Gasteiger partial charge in [-0.05, 0) is 159 Å². The zero-order valence-electron chi connectivity index (χ0n) is 43.4. The number of nitrogens with zero attached hydrogens (tertiary/aromatic N) is 3. The molecular weight excluding hydrogens is 972 g/mol. The predicted molar refractivity (Wildman–Crippen MR) is 276 cm³/mol. The first-order chi connectivity index (χ1) is 35.1. The van der Waals surface area contributed by atoms with Gasteiger partial charge in [0.2, 0.25) is 41.4 Å². The molecule has 2 aromatic rings. The molecule has 4 heterocycles. The van der Waals surface area contributed by atoms with Crippen molar-refractivity contribution in [3.63, 3.8) is 0 Å². The number of halogens is 1. The topological polar surface area (TPSA) is 277 Å². The molecule has 5 atom stereocenters. The number of ether oxygens (including phenoxy) is 1. The summed E-state index contributed by atoms with van der Waals surface area (Å²) in [7, 11) is -4.20. The number of rotatable bonds is 8. The van der Waals surface area contributed by atoms with Crippen LogP contribution in [0.15, 0.2) is 46.3 Å². The molecule has 6 amide bonds. The van der Waals surface area contributed by atoms with Gasteiger partial charge in [0.05, 0.1) is 10.9 Å². The Morgan fingerprint density at radius 2 is 1.50 bits per heavy atom. The number of allylic oxidation sites excluding steroid dienone is 2. The number of aliphatic imine (C=N–C) groups is 1. The van der Waals surface area contributed by atoms with Crippen molar-refractivity contribution in [3.8, 4) is 5.75 Å². The summed E-state index contributed by atoms with van der Waals surface area (Å²) in [6.07, 6.45) is 10.3. The summed E-state index contributed by atoms with van der Waals surface area (Å²) >= 11 is 0. The van der Waals surface area contributed by atoms with Gasteiger partial charge in [-0.3, -0.25) is 33.8 Å². The van der Waals surface area contributed by atoms with E-state index in [4.69, 9.17) is 16.2 Å². The minimum absolute atomic E-state index is 0.0281. The first kappa shape index (κ1) is 55.7. The quantitative estimate of drug-likeness (QED) is 0.0874. The number of nitrogens with one attached hydrogen (secondary N) is 5. The van der Waals surface area contributed by atoms with Crippen molar-refractivity contribution in [1.82, 2.24) is 35.8 Å². The predicted octanol–water partition coefficient (Wildman–Crippen LogP) is 3.03. The van der Waals surface area contributed by atoms with E-state index in [0.717, 1.165) is 11.1 Å². The number of nitrogens with two attached hydrogens (primary N) is 2. The second-order valence-electron chi connectivity index (χ2n) is 21.2. The second kappa shape index (κ2) is 23.6. The minimum Gasteiger partial charge on any atom is -0.487 e. The fourth-order valence-electron chi connectivity index (χ4n) is 10.9. The first-order valence-corrected chi connectivity index (χ1v) is 27.7. The SMILES string of the molecule is Cc1c(C)c(S(=O)(=O)NC(N)=NCCC[C@@H]2NC(=O)C3(CCC3)NC(=O)[C@@H]3CCCN3C(=O)[C@H](Cc3cccc(F)c3)NC(=O)[C@@H](N)CCC/C=C/CCCNC(=O)[C@@H]3CCCN3C2=O)c(C)c2c1OC(C)(C)C2. The Bertz CT molecular complexity index is 2660. The smallest absolute Gasteiger partial charge is 0.264 e. The lowest BCUT2D eigenvalue weighted by atomic mass is 9.75. The highest BCUT2D eigenvalue weighted by Crippen LogP contribution is 2.44. The number of hydrogen-bond donors (Lipinski definition) is 7. The highest BCUT2D eigenvalue weighted by molar-refractivity contribution is 7.90. The van der Waals surface area contributed by atoms with Crippen molar-refractivity contribution < 1.29 is 46.3 Å². The molecule has 74 heavy (non-hydrogen) atoms. The Kier molecular flexibility index (Phi) is 17.8. The van der Waals surface area contributed by atoms with Crippen LogP contribution in [-0.2, 0) is 51.6 Å². The highest BCUT2D eigenvalue weighted by Gasteiger charge is 2.50. The van der Waals surface area contributed by atoms with E-state index in [2.05, 4.69) is 31.0 Å². The third-order valence-corrected chi connectivity index (χ3v) is 16.8. The number of fused-ring (bicyclic) bond motifs is 3. The maximum atomic E-state index is 14.6. The molecule has 2 saturated heterocycles. The summed E-state index contributed by atoms with van der Waals surface area (Å²) < 4.78 is 50.7. The van der Waals surface area contributed by atoms with Crippen LogP contribution in [0, 0.1) is 26.6 Å². The third kappa shape index (κ3) is 12.9. The number of guanidine groups is 1. The molecule has 0 bridgehead atoms. The molecule has 19 nitrogen and oxygen atoms in total. The van der Waals surface area contributed by atoms with E-state index in [1.807, 2.05) is 32.9 Å². The van der Waals surface area contributed by atoms with Gasteiger partial charge in [0, 0.05) is 44.6 Å². The van der Waals surface area contributed by atoms with Crippen LogP contribution in [-0.4, -0.2) is 127 Å². The molecule has 5 aliphatic rings. The monoisotopic (exact) mass is 1050 g/mol. The summed E-state index contributed by atoms with van der Waals surface area (Å²) in [6.45, 7) is 9.99. The average molecular weight is 1050 g/mol. The molecule has 0 radical (unpaired) electrons. The lowest BCUT2D eigenvalue weighted by molar-refractivity contribution is -0.146. The van der Waals surface area contributed by atoms with Gasteiger partial charge in [-0.2, -0.15) is 0 Å². The molecule has 21 heteroatoms. The zero-order chi connectivity index (χ0) is 53.5. The van der Waals surface area contributed by atoms with Crippen LogP contribution in [0.1, 0.15) is 132 Å². The molecule has 1 saturated carbocycles. The maximum Gasteiger partial charge on any atom is 0.264 e. The summed E-state index contributed by atoms with van der Waals surface area (Å²) in [4.78, 5) is 92.4. The Balaban J connectivity index is 1.10. The number of benzene rings is 2. The molecule has 0 aromatic heterocycles. The van der Waals surface area contributed by atoms with Crippen molar-refractivity contribution in [1.29, 1.82) is 0 Å². The molecule has 7 rings (SSSR count). The standard InChI is InChI=1S/C53H75FN10O9S/c1-32-33(2)44(34(3)37-31-52(4,5)73-43(32)37)74(71,72)62-51(56)58-26-13-20-39-48(68)63-27-14-21-41(63)46(66)57-25-11-9-7-6-8-10-19-38(55)45(65)59-40(30-35-17-12-18-36(54)29-35)49(69)64-28-15-22-42(64)47(67)61-53(23-16-24-53)50(70)60-39/h6-7,12,17-18,29,38-42H,8-11,13-16,19-28,30-31,55H2,1-5H3,(H,57,66)(H,59,65)(H,60,70)(H,61,67)(H3,56,58,62)/b7-6+/t38-,39-,40-,41-,42-/m0/s1. The van der Waals surface area contributed by atoms with Gasteiger partial charge >= 0.3 is 0 Å². The number of amides is 6. The van der Waals surface area contributed by atoms with E-state index >= 15 is 0 Å². The molecular formula is C53H75FN10O9S. The van der Waals surface area contributed by atoms with Crippen LogP contribution in [0.25, 0.3) is 0 Å². The van der Waals surface area contributed by atoms with E-state index in [9.17, 15) is 41.6 Å². The van der Waals surface area contributed by atoms with Crippen LogP contribution < -0.4 is 42.2 Å². The number of carbonyl (C=O) groups excluding carboxylic acids is 6. The van der Waals surface area contributed by atoms with Crippen molar-refractivity contribution in [2.45, 2.75) is 184 Å². The molecule has 2 aromatic carbocycles. The van der Waals surface area contributed by atoms with Crippen LogP contribution in [0.4, 0.5) is 4.39 Å². The van der Waals surface area contributed by atoms with E-state index < -0.39 is 86.7 Å². The third-order valence-electron chi connectivity index (χ3n) is 15.2. The first-order valence-electron chi connectivity index (χ1n) is 26.2. The summed E-state index contributed by atoms with van der Waals surface area (Å²) in [5.74, 6) is -3.25. The van der Waals surface area contributed by atoms with Gasteiger partial charge in [0.1, 0.15) is 46.9 Å². The average Bonchev–Trinajstić information content (AvgIpc) is 4.10. The molecule has 0 unspecified atom stereocenters. The highest BCUT2D eigenvalue weighted by atomic mass is 32.2. The number of hydrogen-bond acceptors (Lipinski definition) is 11. The summed E-state index contributed by atoms with van der Waals surface area (Å²) in [5, 5.41) is 11.6. The van der Waals surface area contributed by atoms with E-state index in [0.29, 0.717) is 93.2 Å². The Morgan fingerprint density at radius 1 is 0.838 bits per heavy atom. The van der Waals surface area contributed by atoms with Crippen molar-refractivity contribution in [2.75, 3.05) is 26.2 Å². The largest absolute Gasteiger partial charge is 0.487 e. The van der Waals surface area contributed by atoms with Gasteiger partial charge in [-0.25, -0.2) is 17.5 Å². The van der Waals surface area contributed by atoms with E-state index in [1.165, 1.54) is 28.0 Å². The lowest BCUT2D eigenvalue weighted by Gasteiger charge is -2.43. The van der Waals surface area contributed by atoms with Crippen LogP contribution >= 0.6 is 0 Å². The maximum absolute atomic E-state index is 14.6. The fourth-order valence-corrected chi connectivity index (χ4v) is 12.5. The van der Waals surface area contributed by atoms with Gasteiger partial charge in [0.15, 0.2) is 0 Å². The van der Waals surface area contributed by atoms with E-state index in [-0.39, 0.29) is 74.9 Å². The van der Waals surface area contributed by atoms with Gasteiger partial charge in [-0.1, -0.05) is 24.3 Å². The molecule has 3 fully saturated rings. The summed E-state index contributed by atoms with van der Waals surface area (Å²) in [6, 6.07) is 0.674. The zero-order valence-corrected chi connectivity index (χ0v) is 44.3. The van der Waals surface area contributed by atoms with Crippen LogP contribution in [0.5, 0.6) is 5.75 Å². The summed E-state index contributed by atoms with van der Waals surface area (Å²) in [5.41, 5.74) is 13.7. The molecule has 404 valence electrons. The number of carbonyl (C=O) groups is 6. The molecule has 1 spiro atoms. The Labute approximate surface area is 434 Å². The molecule has 9 N–H and O–H groups in total. The number of sulfonamides is 1. The molecule has 4 aliphatic heterocycles. The van der Waals surface area contributed by atoms with Gasteiger partial charge in [0.25, 0.3) is 10.0 Å². The van der Waals surface area contributed by atoms with Crippen molar-refractivity contribution in [2.24, 2.45) is 16.5 Å². The Morgan fingerprint density at radius 3 is 2.16 bits per heavy atom. The lowest BCUT2D eigenvalue weighted by Crippen LogP contribution is -2.67. The Hall–Kier alpha value is -6.09. The van der Waals surface area contributed by atoms with Crippen molar-refractivity contribution >= 4 is 51.4 Å². The minimum atomic E-state index is -4.20.